The average molecular weight is 502 g/mol. The maximum absolute atomic E-state index is 9.09. The molecular weight excluding hydrogens is 474 g/mol. The van der Waals surface area contributed by atoms with Crippen molar-refractivity contribution in [2.45, 2.75) is 41.5 Å². The van der Waals surface area contributed by atoms with Gasteiger partial charge in [-0.3, -0.25) is 0 Å². The van der Waals surface area contributed by atoms with Gasteiger partial charge in [0.25, 0.3) is 0 Å². The molecule has 0 amide bonds. The van der Waals surface area contributed by atoms with Crippen LogP contribution in [0.4, 0.5) is 17.1 Å². The summed E-state index contributed by atoms with van der Waals surface area (Å²) in [4.78, 5) is 3.13. The van der Waals surface area contributed by atoms with Gasteiger partial charge in [0.15, 0.2) is 0 Å². The minimum absolute atomic E-state index is 0.0820. The highest BCUT2D eigenvalue weighted by molar-refractivity contribution is 7.20. The number of allylic oxidation sites excluding steroid dienone is 1. The lowest BCUT2D eigenvalue weighted by Crippen LogP contribution is -2.11. The summed E-state index contributed by atoms with van der Waals surface area (Å²) in [5.74, 6) is 0. The van der Waals surface area contributed by atoms with E-state index in [0.29, 0.717) is 0 Å². The second-order valence-electron chi connectivity index (χ2n) is 9.65. The third-order valence-corrected chi connectivity index (χ3v) is 8.37. The molecule has 5 aromatic rings. The number of anilines is 3. The Morgan fingerprint density at radius 3 is 1.78 bits per heavy atom. The van der Waals surface area contributed by atoms with Gasteiger partial charge in [0.1, 0.15) is 28.9 Å². The molecule has 2 aromatic heterocycles. The largest absolute Gasteiger partial charge is 0.455 e. The van der Waals surface area contributed by atoms with Gasteiger partial charge < -0.3 is 9.32 Å². The standard InChI is InChI=1S/C32H27N3OS/c1-18-9-26(10-19(2)22(18)5)35(27-11-20(3)23(6)21(4)12-27)25-7-8-29-30(14-25)36-31-15-28(37-32(29)31)13-24(16-33)17-34/h7-15H,1-6H3. The summed E-state index contributed by atoms with van der Waals surface area (Å²) < 4.78 is 7.28. The zero-order chi connectivity index (χ0) is 26.4. The summed E-state index contributed by atoms with van der Waals surface area (Å²) >= 11 is 1.52. The van der Waals surface area contributed by atoms with Crippen molar-refractivity contribution in [3.8, 4) is 12.1 Å². The molecule has 0 aliphatic carbocycles. The molecule has 0 N–H and O–H groups in total. The minimum Gasteiger partial charge on any atom is -0.455 e. The Labute approximate surface area is 221 Å². The third kappa shape index (κ3) is 4.29. The predicted molar refractivity (Wildman–Crippen MR) is 154 cm³/mol. The van der Waals surface area contributed by atoms with Gasteiger partial charge in [0, 0.05) is 33.4 Å². The van der Waals surface area contributed by atoms with Crippen molar-refractivity contribution >= 4 is 55.7 Å². The molecule has 0 spiro atoms. The van der Waals surface area contributed by atoms with Crippen LogP contribution in [0.5, 0.6) is 0 Å². The number of furan rings is 1. The minimum atomic E-state index is 0.0820. The number of nitrogens with zero attached hydrogens (tertiary/aromatic N) is 3. The Kier molecular flexibility index (Phi) is 6.12. The molecule has 3 aromatic carbocycles. The fourth-order valence-corrected chi connectivity index (χ4v) is 5.79. The molecule has 182 valence electrons. The van der Waals surface area contributed by atoms with E-state index in [0.717, 1.165) is 43.2 Å². The van der Waals surface area contributed by atoms with Crippen LogP contribution in [0, 0.1) is 64.2 Å². The van der Waals surface area contributed by atoms with Crippen molar-refractivity contribution < 1.29 is 4.42 Å². The van der Waals surface area contributed by atoms with Gasteiger partial charge in [-0.1, -0.05) is 0 Å². The van der Waals surface area contributed by atoms with Crippen LogP contribution in [0.15, 0.2) is 58.5 Å². The maximum Gasteiger partial charge on any atom is 0.146 e. The number of rotatable bonds is 4. The van der Waals surface area contributed by atoms with Crippen LogP contribution >= 0.6 is 11.3 Å². The molecule has 5 rings (SSSR count). The van der Waals surface area contributed by atoms with E-state index in [1.165, 1.54) is 44.7 Å². The predicted octanol–water partition coefficient (Wildman–Crippen LogP) is 9.40. The first-order valence-corrected chi connectivity index (χ1v) is 13.0. The lowest BCUT2D eigenvalue weighted by molar-refractivity contribution is 0.670. The van der Waals surface area contributed by atoms with Crippen molar-refractivity contribution in [1.29, 1.82) is 10.5 Å². The lowest BCUT2D eigenvalue weighted by atomic mass is 10.00. The maximum atomic E-state index is 9.09. The number of aryl methyl sites for hydroxylation is 4. The molecule has 0 bridgehead atoms. The summed E-state index contributed by atoms with van der Waals surface area (Å²) in [7, 11) is 0. The average Bonchev–Trinajstić information content (AvgIpc) is 3.41. The first-order valence-electron chi connectivity index (χ1n) is 12.1. The summed E-state index contributed by atoms with van der Waals surface area (Å²) in [6.45, 7) is 13.0. The van der Waals surface area contributed by atoms with E-state index in [2.05, 4.69) is 88.9 Å². The van der Waals surface area contributed by atoms with E-state index in [1.807, 2.05) is 18.2 Å². The van der Waals surface area contributed by atoms with E-state index in [9.17, 15) is 0 Å². The van der Waals surface area contributed by atoms with Crippen molar-refractivity contribution in [3.63, 3.8) is 0 Å². The second-order valence-corrected chi connectivity index (χ2v) is 10.7. The molecule has 0 aliphatic rings. The summed E-state index contributed by atoms with van der Waals surface area (Å²) in [5, 5.41) is 19.2. The Balaban J connectivity index is 1.69. The van der Waals surface area contributed by atoms with Crippen molar-refractivity contribution in [2.24, 2.45) is 0 Å². The molecule has 0 saturated carbocycles. The zero-order valence-corrected chi connectivity index (χ0v) is 22.7. The van der Waals surface area contributed by atoms with Gasteiger partial charge in [-0.15, -0.1) is 11.3 Å². The summed E-state index contributed by atoms with van der Waals surface area (Å²) in [6.07, 6.45) is 1.60. The number of fused-ring (bicyclic) bond motifs is 3. The number of nitriles is 2. The van der Waals surface area contributed by atoms with Crippen molar-refractivity contribution in [2.75, 3.05) is 4.90 Å². The Morgan fingerprint density at radius 1 is 0.730 bits per heavy atom. The van der Waals surface area contributed by atoms with Crippen LogP contribution in [0.25, 0.3) is 27.3 Å². The highest BCUT2D eigenvalue weighted by Gasteiger charge is 2.19. The number of hydrogen-bond donors (Lipinski definition) is 0. The second kappa shape index (κ2) is 9.28. The van der Waals surface area contributed by atoms with E-state index in [1.54, 1.807) is 6.08 Å². The van der Waals surface area contributed by atoms with Crippen LogP contribution in [-0.2, 0) is 0 Å². The molecule has 0 unspecified atom stereocenters. The van der Waals surface area contributed by atoms with Gasteiger partial charge >= 0.3 is 0 Å². The molecule has 37 heavy (non-hydrogen) atoms. The van der Waals surface area contributed by atoms with Crippen LogP contribution in [0.2, 0.25) is 0 Å². The molecule has 5 heteroatoms. The first-order chi connectivity index (χ1) is 17.7. The van der Waals surface area contributed by atoms with E-state index in [-0.39, 0.29) is 5.57 Å². The van der Waals surface area contributed by atoms with Crippen LogP contribution in [-0.4, -0.2) is 0 Å². The normalized spacial score (nSPS) is 10.9. The Hall–Kier alpha value is -4.32. The molecular formula is C32H27N3OS. The smallest absolute Gasteiger partial charge is 0.146 e. The molecule has 0 fully saturated rings. The first kappa shape index (κ1) is 24.4. The zero-order valence-electron chi connectivity index (χ0n) is 21.9. The monoisotopic (exact) mass is 501 g/mol. The quantitative estimate of drug-likeness (QED) is 0.230. The molecule has 4 nitrogen and oxygen atoms in total. The summed E-state index contributed by atoms with van der Waals surface area (Å²) in [5.41, 5.74) is 12.6. The fraction of sp³-hybridized carbons (Fsp3) is 0.188. The van der Waals surface area contributed by atoms with E-state index < -0.39 is 0 Å². The fourth-order valence-electron chi connectivity index (χ4n) is 4.73. The Morgan fingerprint density at radius 2 is 1.27 bits per heavy atom. The van der Waals surface area contributed by atoms with Crippen LogP contribution in [0.1, 0.15) is 38.3 Å². The molecule has 2 heterocycles. The van der Waals surface area contributed by atoms with Gasteiger partial charge in [-0.2, -0.15) is 10.5 Å². The molecule has 0 saturated heterocycles. The van der Waals surface area contributed by atoms with Gasteiger partial charge in [-0.05, 0) is 123 Å². The van der Waals surface area contributed by atoms with E-state index >= 15 is 0 Å². The molecule has 0 radical (unpaired) electrons. The van der Waals surface area contributed by atoms with Gasteiger partial charge in [0.2, 0.25) is 0 Å². The number of hydrogen-bond acceptors (Lipinski definition) is 5. The van der Waals surface area contributed by atoms with E-state index in [4.69, 9.17) is 14.9 Å². The van der Waals surface area contributed by atoms with Crippen molar-refractivity contribution in [3.05, 3.63) is 92.4 Å². The Bertz CT molecular complexity index is 1700. The number of benzene rings is 3. The highest BCUT2D eigenvalue weighted by atomic mass is 32.1. The highest BCUT2D eigenvalue weighted by Crippen LogP contribution is 2.42. The van der Waals surface area contributed by atoms with Crippen molar-refractivity contribution in [1.82, 2.24) is 0 Å². The van der Waals surface area contributed by atoms with Crippen LogP contribution < -0.4 is 4.90 Å². The summed E-state index contributed by atoms with van der Waals surface area (Å²) in [6, 6.07) is 21.1. The van der Waals surface area contributed by atoms with Gasteiger partial charge in [-0.25, -0.2) is 0 Å². The lowest BCUT2D eigenvalue weighted by Gasteiger charge is -2.28. The number of thiophene rings is 1. The SMILES string of the molecule is Cc1cc(N(c2cc(C)c(C)c(C)c2)c2ccc3c(c2)oc2cc(C=C(C#N)C#N)sc23)cc(C)c1C. The molecule has 0 aliphatic heterocycles. The molecule has 0 atom stereocenters. The third-order valence-electron chi connectivity index (χ3n) is 7.27. The topological polar surface area (TPSA) is 64.0 Å². The van der Waals surface area contributed by atoms with Gasteiger partial charge in [0.05, 0.1) is 4.70 Å². The van der Waals surface area contributed by atoms with Crippen LogP contribution in [0.3, 0.4) is 0 Å².